The number of ether oxygens (including phenoxy) is 1. The molecule has 0 fully saturated rings. The van der Waals surface area contributed by atoms with E-state index in [1.54, 1.807) is 13.2 Å². The first-order valence-corrected chi connectivity index (χ1v) is 6.48. The Labute approximate surface area is 112 Å². The molecule has 3 heteroatoms. The van der Waals surface area contributed by atoms with E-state index < -0.39 is 0 Å². The van der Waals surface area contributed by atoms with Gasteiger partial charge in [-0.2, -0.15) is 0 Å². The Morgan fingerprint density at radius 3 is 2.89 bits per heavy atom. The molecule has 2 aromatic carbocycles. The van der Waals surface area contributed by atoms with E-state index in [1.165, 1.54) is 17.7 Å². The number of rotatable bonds is 2. The van der Waals surface area contributed by atoms with Crippen molar-refractivity contribution in [3.05, 3.63) is 47.8 Å². The third-order valence-electron chi connectivity index (χ3n) is 3.52. The first-order valence-electron chi connectivity index (χ1n) is 6.48. The second kappa shape index (κ2) is 4.92. The molecule has 1 heterocycles. The summed E-state index contributed by atoms with van der Waals surface area (Å²) < 4.78 is 18.7. The van der Waals surface area contributed by atoms with Crippen LogP contribution in [0.3, 0.4) is 0 Å². The third kappa shape index (κ3) is 2.28. The molecule has 0 spiro atoms. The summed E-state index contributed by atoms with van der Waals surface area (Å²) in [5.74, 6) is 0.443. The van der Waals surface area contributed by atoms with Crippen LogP contribution in [0.1, 0.15) is 12.0 Å². The van der Waals surface area contributed by atoms with Crippen molar-refractivity contribution in [2.75, 3.05) is 19.0 Å². The number of fused-ring (bicyclic) bond motifs is 1. The van der Waals surface area contributed by atoms with E-state index in [9.17, 15) is 4.39 Å². The lowest BCUT2D eigenvalue weighted by atomic mass is 9.97. The lowest BCUT2D eigenvalue weighted by molar-refractivity contribution is 0.415. The van der Waals surface area contributed by atoms with Gasteiger partial charge in [0, 0.05) is 17.8 Å². The quantitative estimate of drug-likeness (QED) is 0.882. The van der Waals surface area contributed by atoms with Crippen molar-refractivity contribution < 1.29 is 9.13 Å². The summed E-state index contributed by atoms with van der Waals surface area (Å²) >= 11 is 0. The molecule has 0 amide bonds. The van der Waals surface area contributed by atoms with Crippen LogP contribution in [0.5, 0.6) is 5.75 Å². The number of aryl methyl sites for hydroxylation is 1. The largest absolute Gasteiger partial charge is 0.496 e. The average molecular weight is 257 g/mol. The molecular formula is C16H16FNO. The SMILES string of the molecule is COc1ccc(F)cc1-c1ccc2c(c1)NCCC2. The van der Waals surface area contributed by atoms with Crippen molar-refractivity contribution in [1.82, 2.24) is 0 Å². The fourth-order valence-corrected chi connectivity index (χ4v) is 2.53. The lowest BCUT2D eigenvalue weighted by Crippen LogP contribution is -2.11. The molecule has 3 rings (SSSR count). The van der Waals surface area contributed by atoms with Crippen molar-refractivity contribution in [2.24, 2.45) is 0 Å². The first kappa shape index (κ1) is 12.0. The summed E-state index contributed by atoms with van der Waals surface area (Å²) in [7, 11) is 1.60. The summed E-state index contributed by atoms with van der Waals surface area (Å²) in [5, 5.41) is 3.39. The van der Waals surface area contributed by atoms with E-state index in [0.717, 1.165) is 36.2 Å². The van der Waals surface area contributed by atoms with Gasteiger partial charge in [0.25, 0.3) is 0 Å². The molecule has 0 bridgehead atoms. The van der Waals surface area contributed by atoms with Crippen LogP contribution in [-0.2, 0) is 6.42 Å². The predicted molar refractivity (Wildman–Crippen MR) is 75.2 cm³/mol. The van der Waals surface area contributed by atoms with E-state index in [1.807, 2.05) is 6.07 Å². The second-order valence-corrected chi connectivity index (χ2v) is 4.75. The molecule has 1 aliphatic rings. The summed E-state index contributed by atoms with van der Waals surface area (Å²) in [4.78, 5) is 0. The number of halogens is 1. The van der Waals surface area contributed by atoms with E-state index in [4.69, 9.17) is 4.74 Å². The summed E-state index contributed by atoms with van der Waals surface area (Å²) in [5.41, 5.74) is 4.24. The van der Waals surface area contributed by atoms with E-state index >= 15 is 0 Å². The molecule has 1 N–H and O–H groups in total. The van der Waals surface area contributed by atoms with Crippen molar-refractivity contribution >= 4 is 5.69 Å². The van der Waals surface area contributed by atoms with Crippen LogP contribution >= 0.6 is 0 Å². The van der Waals surface area contributed by atoms with Gasteiger partial charge in [0.15, 0.2) is 0 Å². The lowest BCUT2D eigenvalue weighted by Gasteiger charge is -2.19. The van der Waals surface area contributed by atoms with Crippen LogP contribution in [-0.4, -0.2) is 13.7 Å². The minimum atomic E-state index is -0.249. The van der Waals surface area contributed by atoms with Gasteiger partial charge >= 0.3 is 0 Å². The molecule has 0 aliphatic carbocycles. The Hall–Kier alpha value is -2.03. The topological polar surface area (TPSA) is 21.3 Å². The Balaban J connectivity index is 2.09. The van der Waals surface area contributed by atoms with Gasteiger partial charge in [-0.05, 0) is 48.2 Å². The predicted octanol–water partition coefficient (Wildman–Crippen LogP) is 3.86. The van der Waals surface area contributed by atoms with Gasteiger partial charge in [0.05, 0.1) is 7.11 Å². The van der Waals surface area contributed by atoms with Crippen LogP contribution in [0.15, 0.2) is 36.4 Å². The zero-order chi connectivity index (χ0) is 13.2. The normalized spacial score (nSPS) is 13.6. The standard InChI is InChI=1S/C16H16FNO/c1-19-16-7-6-13(17)10-14(16)12-5-4-11-3-2-8-18-15(11)9-12/h4-7,9-10,18H,2-3,8H2,1H3. The smallest absolute Gasteiger partial charge is 0.126 e. The molecular weight excluding hydrogens is 241 g/mol. The van der Waals surface area contributed by atoms with E-state index in [2.05, 4.69) is 17.4 Å². The monoisotopic (exact) mass is 257 g/mol. The number of nitrogens with one attached hydrogen (secondary N) is 1. The van der Waals surface area contributed by atoms with Crippen LogP contribution < -0.4 is 10.1 Å². The molecule has 0 aromatic heterocycles. The fraction of sp³-hybridized carbons (Fsp3) is 0.250. The number of hydrogen-bond donors (Lipinski definition) is 1. The van der Waals surface area contributed by atoms with E-state index in [-0.39, 0.29) is 5.82 Å². The number of methoxy groups -OCH3 is 1. The van der Waals surface area contributed by atoms with Gasteiger partial charge in [-0.1, -0.05) is 12.1 Å². The second-order valence-electron chi connectivity index (χ2n) is 4.75. The highest BCUT2D eigenvalue weighted by atomic mass is 19.1. The first-order chi connectivity index (χ1) is 9.28. The fourth-order valence-electron chi connectivity index (χ4n) is 2.53. The minimum absolute atomic E-state index is 0.249. The van der Waals surface area contributed by atoms with Crippen molar-refractivity contribution in [3.8, 4) is 16.9 Å². The number of hydrogen-bond acceptors (Lipinski definition) is 2. The average Bonchev–Trinajstić information content (AvgIpc) is 2.46. The molecule has 1 aliphatic heterocycles. The summed E-state index contributed by atoms with van der Waals surface area (Å²) in [6, 6.07) is 10.8. The highest BCUT2D eigenvalue weighted by Gasteiger charge is 2.12. The molecule has 2 aromatic rings. The van der Waals surface area contributed by atoms with E-state index in [0.29, 0.717) is 5.75 Å². The zero-order valence-electron chi connectivity index (χ0n) is 10.9. The maximum absolute atomic E-state index is 13.4. The van der Waals surface area contributed by atoms with Crippen LogP contribution in [0.2, 0.25) is 0 Å². The Morgan fingerprint density at radius 1 is 1.16 bits per heavy atom. The molecule has 0 saturated carbocycles. The van der Waals surface area contributed by atoms with Crippen molar-refractivity contribution in [3.63, 3.8) is 0 Å². The highest BCUT2D eigenvalue weighted by Crippen LogP contribution is 2.34. The summed E-state index contributed by atoms with van der Waals surface area (Å²) in [6.45, 7) is 0.997. The van der Waals surface area contributed by atoms with Gasteiger partial charge in [0.2, 0.25) is 0 Å². The molecule has 2 nitrogen and oxygen atoms in total. The minimum Gasteiger partial charge on any atom is -0.496 e. The number of anilines is 1. The number of benzene rings is 2. The van der Waals surface area contributed by atoms with Crippen molar-refractivity contribution in [1.29, 1.82) is 0 Å². The van der Waals surface area contributed by atoms with Gasteiger partial charge < -0.3 is 10.1 Å². The Morgan fingerprint density at radius 2 is 2.05 bits per heavy atom. The highest BCUT2D eigenvalue weighted by molar-refractivity contribution is 5.75. The Bertz CT molecular complexity index is 610. The molecule has 19 heavy (non-hydrogen) atoms. The summed E-state index contributed by atoms with van der Waals surface area (Å²) in [6.07, 6.45) is 2.26. The maximum atomic E-state index is 13.4. The van der Waals surface area contributed by atoms with Crippen LogP contribution in [0, 0.1) is 5.82 Å². The molecule has 0 saturated heterocycles. The van der Waals surface area contributed by atoms with Gasteiger partial charge in [-0.3, -0.25) is 0 Å². The molecule has 0 radical (unpaired) electrons. The molecule has 0 unspecified atom stereocenters. The third-order valence-corrected chi connectivity index (χ3v) is 3.52. The van der Waals surface area contributed by atoms with Gasteiger partial charge in [-0.25, -0.2) is 4.39 Å². The van der Waals surface area contributed by atoms with Crippen LogP contribution in [0.25, 0.3) is 11.1 Å². The Kier molecular flexibility index (Phi) is 3.11. The van der Waals surface area contributed by atoms with Crippen LogP contribution in [0.4, 0.5) is 10.1 Å². The molecule has 98 valence electrons. The zero-order valence-corrected chi connectivity index (χ0v) is 10.9. The van der Waals surface area contributed by atoms with Crippen molar-refractivity contribution in [2.45, 2.75) is 12.8 Å². The maximum Gasteiger partial charge on any atom is 0.126 e. The van der Waals surface area contributed by atoms with Gasteiger partial charge in [0.1, 0.15) is 11.6 Å². The molecule has 0 atom stereocenters. The van der Waals surface area contributed by atoms with Gasteiger partial charge in [-0.15, -0.1) is 0 Å².